The smallest absolute Gasteiger partial charge is 0.243 e. The average molecular weight is 350 g/mol. The van der Waals surface area contributed by atoms with Crippen molar-refractivity contribution in [1.29, 1.82) is 0 Å². The number of para-hydroxylation sites is 1. The Morgan fingerprint density at radius 2 is 1.69 bits per heavy atom. The lowest BCUT2D eigenvalue weighted by atomic mass is 10.1. The summed E-state index contributed by atoms with van der Waals surface area (Å²) in [6, 6.07) is 15.7. The highest BCUT2D eigenvalue weighted by Gasteiger charge is 2.08. The van der Waals surface area contributed by atoms with E-state index in [4.69, 9.17) is 4.74 Å². The summed E-state index contributed by atoms with van der Waals surface area (Å²) in [5, 5.41) is 4.24. The van der Waals surface area contributed by atoms with Gasteiger partial charge in [-0.05, 0) is 57.2 Å². The van der Waals surface area contributed by atoms with Gasteiger partial charge in [0, 0.05) is 17.0 Å². The zero-order valence-electron chi connectivity index (χ0n) is 14.8. The highest BCUT2D eigenvalue weighted by molar-refractivity contribution is 5.99. The molecule has 132 valence electrons. The number of rotatable bonds is 5. The molecule has 0 spiro atoms. The van der Waals surface area contributed by atoms with Crippen LogP contribution < -0.4 is 10.2 Å². The molecule has 1 heterocycles. The van der Waals surface area contributed by atoms with E-state index in [1.165, 1.54) is 6.07 Å². The number of aromatic nitrogens is 2. The van der Waals surface area contributed by atoms with Gasteiger partial charge in [0.1, 0.15) is 5.75 Å². The molecule has 3 aromatic rings. The largest absolute Gasteiger partial charge is 0.454 e. The van der Waals surface area contributed by atoms with Gasteiger partial charge < -0.3 is 4.74 Å². The second-order valence-electron chi connectivity index (χ2n) is 5.84. The number of ether oxygens (including phenoxy) is 1. The van der Waals surface area contributed by atoms with Crippen LogP contribution in [0.1, 0.15) is 23.9 Å². The molecule has 0 bridgehead atoms. The van der Waals surface area contributed by atoms with Crippen molar-refractivity contribution in [2.75, 3.05) is 5.43 Å². The van der Waals surface area contributed by atoms with Crippen molar-refractivity contribution in [2.24, 2.45) is 5.10 Å². The molecular weight excluding hydrogens is 331 g/mol. The Morgan fingerprint density at radius 1 is 1.00 bits per heavy atom. The third-order valence-corrected chi connectivity index (χ3v) is 3.63. The van der Waals surface area contributed by atoms with E-state index >= 15 is 0 Å². The molecule has 0 saturated heterocycles. The fourth-order valence-corrected chi connectivity index (χ4v) is 2.40. The summed E-state index contributed by atoms with van der Waals surface area (Å²) in [6.45, 7) is 5.55. The predicted molar refractivity (Wildman–Crippen MR) is 100 cm³/mol. The van der Waals surface area contributed by atoms with Gasteiger partial charge in [-0.25, -0.2) is 19.8 Å². The van der Waals surface area contributed by atoms with Crippen molar-refractivity contribution < 1.29 is 9.13 Å². The number of anilines is 1. The Hall–Kier alpha value is -3.28. The lowest BCUT2D eigenvalue weighted by Gasteiger charge is -2.08. The number of nitrogens with one attached hydrogen (secondary N) is 1. The molecule has 0 amide bonds. The van der Waals surface area contributed by atoms with Gasteiger partial charge in [-0.2, -0.15) is 5.10 Å². The van der Waals surface area contributed by atoms with Crippen molar-refractivity contribution in [3.05, 3.63) is 77.4 Å². The number of nitrogens with zero attached hydrogens (tertiary/aromatic N) is 3. The van der Waals surface area contributed by atoms with Crippen LogP contribution in [0.15, 0.2) is 59.7 Å². The van der Waals surface area contributed by atoms with Crippen molar-refractivity contribution >= 4 is 11.7 Å². The van der Waals surface area contributed by atoms with Crippen molar-refractivity contribution in [2.45, 2.75) is 20.8 Å². The van der Waals surface area contributed by atoms with Crippen LogP contribution in [0, 0.1) is 19.7 Å². The summed E-state index contributed by atoms with van der Waals surface area (Å²) in [4.78, 5) is 8.51. The maximum atomic E-state index is 14.3. The zero-order valence-corrected chi connectivity index (χ0v) is 14.8. The summed E-state index contributed by atoms with van der Waals surface area (Å²) in [5.41, 5.74) is 5.76. The molecule has 3 rings (SSSR count). The molecule has 2 aromatic carbocycles. The maximum absolute atomic E-state index is 14.3. The SMILES string of the molecule is C/C(=N\Nc1nc(C)cc(C)n1)c1ccc(Oc2ccccc2)c(F)c1. The van der Waals surface area contributed by atoms with E-state index < -0.39 is 5.82 Å². The molecule has 5 nitrogen and oxygen atoms in total. The molecule has 0 atom stereocenters. The third kappa shape index (κ3) is 4.42. The maximum Gasteiger partial charge on any atom is 0.243 e. The van der Waals surface area contributed by atoms with E-state index in [0.29, 0.717) is 23.0 Å². The second-order valence-corrected chi connectivity index (χ2v) is 5.84. The minimum Gasteiger partial charge on any atom is -0.454 e. The monoisotopic (exact) mass is 350 g/mol. The van der Waals surface area contributed by atoms with Crippen molar-refractivity contribution in [1.82, 2.24) is 9.97 Å². The zero-order chi connectivity index (χ0) is 18.5. The first-order valence-corrected chi connectivity index (χ1v) is 8.16. The summed E-state index contributed by atoms with van der Waals surface area (Å²) >= 11 is 0. The Bertz CT molecular complexity index is 922. The van der Waals surface area contributed by atoms with Crippen molar-refractivity contribution in [3.8, 4) is 11.5 Å². The van der Waals surface area contributed by atoms with Gasteiger partial charge in [-0.3, -0.25) is 0 Å². The van der Waals surface area contributed by atoms with E-state index in [0.717, 1.165) is 11.4 Å². The molecule has 0 fully saturated rings. The van der Waals surface area contributed by atoms with Crippen LogP contribution in [-0.2, 0) is 0 Å². The van der Waals surface area contributed by atoms with Crippen LogP contribution in [0.25, 0.3) is 0 Å². The Morgan fingerprint density at radius 3 is 2.35 bits per heavy atom. The van der Waals surface area contributed by atoms with E-state index in [2.05, 4.69) is 20.5 Å². The number of aryl methyl sites for hydroxylation is 2. The first-order chi connectivity index (χ1) is 12.5. The number of benzene rings is 2. The van der Waals surface area contributed by atoms with Crippen LogP contribution in [0.4, 0.5) is 10.3 Å². The summed E-state index contributed by atoms with van der Waals surface area (Å²) in [7, 11) is 0. The highest BCUT2D eigenvalue weighted by Crippen LogP contribution is 2.25. The van der Waals surface area contributed by atoms with E-state index in [1.807, 2.05) is 38.1 Å². The standard InChI is InChI=1S/C20H19FN4O/c1-13-11-14(2)23-20(22-13)25-24-15(3)16-9-10-19(18(21)12-16)26-17-7-5-4-6-8-17/h4-12H,1-3H3,(H,22,23,25)/b24-15+. The van der Waals surface area contributed by atoms with Gasteiger partial charge in [0.2, 0.25) is 5.95 Å². The number of hydrogen-bond donors (Lipinski definition) is 1. The van der Waals surface area contributed by atoms with Crippen LogP contribution in [0.2, 0.25) is 0 Å². The van der Waals surface area contributed by atoms with Gasteiger partial charge in [0.05, 0.1) is 5.71 Å². The first kappa shape index (κ1) is 17.5. The average Bonchev–Trinajstić information content (AvgIpc) is 2.61. The van der Waals surface area contributed by atoms with Gasteiger partial charge >= 0.3 is 0 Å². The Kier molecular flexibility index (Phi) is 5.22. The van der Waals surface area contributed by atoms with E-state index in [-0.39, 0.29) is 5.75 Å². The molecule has 0 aliphatic heterocycles. The fourth-order valence-electron chi connectivity index (χ4n) is 2.40. The number of hydrazone groups is 1. The molecule has 0 aliphatic rings. The minimum absolute atomic E-state index is 0.165. The van der Waals surface area contributed by atoms with Crippen LogP contribution in [-0.4, -0.2) is 15.7 Å². The molecule has 6 heteroatoms. The van der Waals surface area contributed by atoms with Crippen LogP contribution in [0.5, 0.6) is 11.5 Å². The molecule has 0 unspecified atom stereocenters. The molecule has 0 aliphatic carbocycles. The van der Waals surface area contributed by atoms with Gasteiger partial charge in [0.25, 0.3) is 0 Å². The van der Waals surface area contributed by atoms with E-state index in [1.54, 1.807) is 31.2 Å². The topological polar surface area (TPSA) is 59.4 Å². The normalized spacial score (nSPS) is 11.3. The molecule has 0 saturated carbocycles. The highest BCUT2D eigenvalue weighted by atomic mass is 19.1. The quantitative estimate of drug-likeness (QED) is 0.527. The lowest BCUT2D eigenvalue weighted by Crippen LogP contribution is -2.04. The van der Waals surface area contributed by atoms with E-state index in [9.17, 15) is 4.39 Å². The number of hydrogen-bond acceptors (Lipinski definition) is 5. The molecule has 0 radical (unpaired) electrons. The summed E-state index contributed by atoms with van der Waals surface area (Å²) < 4.78 is 19.9. The minimum atomic E-state index is -0.455. The van der Waals surface area contributed by atoms with Crippen LogP contribution in [0.3, 0.4) is 0 Å². The van der Waals surface area contributed by atoms with Crippen molar-refractivity contribution in [3.63, 3.8) is 0 Å². The fraction of sp³-hybridized carbons (Fsp3) is 0.150. The molecule has 1 aromatic heterocycles. The first-order valence-electron chi connectivity index (χ1n) is 8.16. The Balaban J connectivity index is 1.75. The summed E-state index contributed by atoms with van der Waals surface area (Å²) in [5.74, 6) is 0.700. The lowest BCUT2D eigenvalue weighted by molar-refractivity contribution is 0.442. The Labute approximate surface area is 151 Å². The predicted octanol–water partition coefficient (Wildman–Crippen LogP) is 4.86. The molecule has 26 heavy (non-hydrogen) atoms. The third-order valence-electron chi connectivity index (χ3n) is 3.63. The van der Waals surface area contributed by atoms with Gasteiger partial charge in [-0.1, -0.05) is 18.2 Å². The van der Waals surface area contributed by atoms with Gasteiger partial charge in [0.15, 0.2) is 11.6 Å². The number of halogens is 1. The summed E-state index contributed by atoms with van der Waals surface area (Å²) in [6.07, 6.45) is 0. The van der Waals surface area contributed by atoms with Crippen LogP contribution >= 0.6 is 0 Å². The molecular formula is C20H19FN4O. The second kappa shape index (κ2) is 7.74. The molecule has 1 N–H and O–H groups in total. The van der Waals surface area contributed by atoms with Gasteiger partial charge in [-0.15, -0.1) is 0 Å².